The largest absolute Gasteiger partial charge is 0.394 e. The van der Waals surface area contributed by atoms with E-state index in [1.54, 1.807) is 6.08 Å². The van der Waals surface area contributed by atoms with Crippen LogP contribution in [0.3, 0.4) is 0 Å². The van der Waals surface area contributed by atoms with Crippen molar-refractivity contribution in [3.63, 3.8) is 0 Å². The average molecular weight is 634 g/mol. The second-order valence-electron chi connectivity index (χ2n) is 13.7. The maximum Gasteiger partial charge on any atom is 0.220 e. The molecule has 2 atom stereocenters. The molecular formula is C41H79NO3. The van der Waals surface area contributed by atoms with Crippen LogP contribution in [0.1, 0.15) is 213 Å². The van der Waals surface area contributed by atoms with Crippen LogP contribution in [0, 0.1) is 0 Å². The lowest BCUT2D eigenvalue weighted by molar-refractivity contribution is -0.123. The Hall–Kier alpha value is -1.13. The van der Waals surface area contributed by atoms with E-state index < -0.39 is 12.1 Å². The van der Waals surface area contributed by atoms with Gasteiger partial charge in [-0.3, -0.25) is 4.79 Å². The van der Waals surface area contributed by atoms with Gasteiger partial charge in [-0.25, -0.2) is 0 Å². The molecule has 266 valence electrons. The Balaban J connectivity index is 3.54. The van der Waals surface area contributed by atoms with Crippen LogP contribution in [0.5, 0.6) is 0 Å². The van der Waals surface area contributed by atoms with Gasteiger partial charge in [0.2, 0.25) is 5.91 Å². The van der Waals surface area contributed by atoms with E-state index >= 15 is 0 Å². The fourth-order valence-electron chi connectivity index (χ4n) is 6.04. The summed E-state index contributed by atoms with van der Waals surface area (Å²) in [4.78, 5) is 12.3. The monoisotopic (exact) mass is 634 g/mol. The van der Waals surface area contributed by atoms with Gasteiger partial charge in [0.25, 0.3) is 0 Å². The smallest absolute Gasteiger partial charge is 0.220 e. The first-order valence-electron chi connectivity index (χ1n) is 20.1. The molecule has 0 spiro atoms. The van der Waals surface area contributed by atoms with Crippen LogP contribution in [-0.2, 0) is 4.79 Å². The SMILES string of the molecule is CCCC/C=C\CCCCCCCC(=O)NC(CO)C(O)/C=C/CCCCCCCCCCCCCCCCCCCCCC. The lowest BCUT2D eigenvalue weighted by Crippen LogP contribution is -2.45. The number of aliphatic hydroxyl groups is 2. The Kier molecular flexibility index (Phi) is 36.4. The maximum absolute atomic E-state index is 12.3. The fourth-order valence-corrected chi connectivity index (χ4v) is 6.04. The molecule has 0 radical (unpaired) electrons. The number of unbranched alkanes of at least 4 members (excludes halogenated alkanes) is 27. The highest BCUT2D eigenvalue weighted by Crippen LogP contribution is 2.15. The lowest BCUT2D eigenvalue weighted by atomic mass is 10.0. The quantitative estimate of drug-likeness (QED) is 0.0475. The van der Waals surface area contributed by atoms with Crippen molar-refractivity contribution in [3.05, 3.63) is 24.3 Å². The molecule has 0 aromatic carbocycles. The van der Waals surface area contributed by atoms with Crippen molar-refractivity contribution in [2.45, 2.75) is 225 Å². The van der Waals surface area contributed by atoms with Gasteiger partial charge in [0, 0.05) is 6.42 Å². The molecule has 0 aromatic rings. The summed E-state index contributed by atoms with van der Waals surface area (Å²) >= 11 is 0. The van der Waals surface area contributed by atoms with Gasteiger partial charge in [-0.15, -0.1) is 0 Å². The number of amides is 1. The van der Waals surface area contributed by atoms with Gasteiger partial charge in [-0.1, -0.05) is 192 Å². The zero-order valence-electron chi connectivity index (χ0n) is 30.4. The first-order valence-corrected chi connectivity index (χ1v) is 20.1. The number of allylic oxidation sites excluding steroid dienone is 3. The summed E-state index contributed by atoms with van der Waals surface area (Å²) in [6.45, 7) is 4.27. The molecule has 1 amide bonds. The number of hydrogen-bond acceptors (Lipinski definition) is 3. The summed E-state index contributed by atoms with van der Waals surface area (Å²) in [6.07, 6.45) is 47.1. The summed E-state index contributed by atoms with van der Waals surface area (Å²) in [7, 11) is 0. The minimum atomic E-state index is -0.838. The Labute approximate surface area is 281 Å². The second kappa shape index (κ2) is 37.3. The average Bonchev–Trinajstić information content (AvgIpc) is 3.04. The molecule has 2 unspecified atom stereocenters. The number of aliphatic hydroxyl groups excluding tert-OH is 2. The molecule has 0 rings (SSSR count). The summed E-state index contributed by atoms with van der Waals surface area (Å²) in [5.41, 5.74) is 0. The molecule has 0 aliphatic carbocycles. The molecule has 3 N–H and O–H groups in total. The normalized spacial score (nSPS) is 13.2. The minimum absolute atomic E-state index is 0.0746. The Morgan fingerprint density at radius 2 is 0.867 bits per heavy atom. The summed E-state index contributed by atoms with van der Waals surface area (Å²) in [5.74, 6) is -0.0746. The van der Waals surface area contributed by atoms with Crippen LogP contribution in [-0.4, -0.2) is 34.9 Å². The van der Waals surface area contributed by atoms with Crippen molar-refractivity contribution >= 4 is 5.91 Å². The first-order chi connectivity index (χ1) is 22.2. The van der Waals surface area contributed by atoms with Gasteiger partial charge in [0.05, 0.1) is 18.8 Å². The molecule has 0 aliphatic rings. The highest BCUT2D eigenvalue weighted by atomic mass is 16.3. The van der Waals surface area contributed by atoms with Crippen LogP contribution in [0.25, 0.3) is 0 Å². The Bertz CT molecular complexity index is 647. The topological polar surface area (TPSA) is 69.6 Å². The van der Waals surface area contributed by atoms with Crippen LogP contribution in [0.15, 0.2) is 24.3 Å². The second-order valence-corrected chi connectivity index (χ2v) is 13.7. The fraction of sp³-hybridized carbons (Fsp3) is 0.878. The third-order valence-electron chi connectivity index (χ3n) is 9.18. The van der Waals surface area contributed by atoms with E-state index in [0.717, 1.165) is 38.5 Å². The molecule has 0 heterocycles. The van der Waals surface area contributed by atoms with Crippen molar-refractivity contribution < 1.29 is 15.0 Å². The van der Waals surface area contributed by atoms with E-state index in [9.17, 15) is 15.0 Å². The van der Waals surface area contributed by atoms with Gasteiger partial charge in [0.1, 0.15) is 0 Å². The Morgan fingerprint density at radius 3 is 1.29 bits per heavy atom. The van der Waals surface area contributed by atoms with Crippen LogP contribution < -0.4 is 5.32 Å². The van der Waals surface area contributed by atoms with Gasteiger partial charge >= 0.3 is 0 Å². The van der Waals surface area contributed by atoms with E-state index in [1.165, 1.54) is 154 Å². The van der Waals surface area contributed by atoms with E-state index in [-0.39, 0.29) is 12.5 Å². The molecule has 0 saturated carbocycles. The number of carbonyl (C=O) groups excluding carboxylic acids is 1. The maximum atomic E-state index is 12.3. The van der Waals surface area contributed by atoms with Gasteiger partial charge in [0.15, 0.2) is 0 Å². The predicted molar refractivity (Wildman–Crippen MR) is 198 cm³/mol. The number of carbonyl (C=O) groups is 1. The number of nitrogens with one attached hydrogen (secondary N) is 1. The summed E-state index contributed by atoms with van der Waals surface area (Å²) < 4.78 is 0. The highest BCUT2D eigenvalue weighted by Gasteiger charge is 2.17. The van der Waals surface area contributed by atoms with Gasteiger partial charge in [-0.05, 0) is 38.5 Å². The molecule has 0 aromatic heterocycles. The lowest BCUT2D eigenvalue weighted by Gasteiger charge is -2.20. The zero-order chi connectivity index (χ0) is 32.9. The molecule has 4 nitrogen and oxygen atoms in total. The zero-order valence-corrected chi connectivity index (χ0v) is 30.4. The van der Waals surface area contributed by atoms with Crippen LogP contribution in [0.2, 0.25) is 0 Å². The molecule has 0 saturated heterocycles. The highest BCUT2D eigenvalue weighted by molar-refractivity contribution is 5.76. The first kappa shape index (κ1) is 43.9. The molecule has 0 fully saturated rings. The van der Waals surface area contributed by atoms with E-state index in [0.29, 0.717) is 6.42 Å². The van der Waals surface area contributed by atoms with Gasteiger partial charge < -0.3 is 15.5 Å². The Morgan fingerprint density at radius 1 is 0.511 bits per heavy atom. The van der Waals surface area contributed by atoms with Crippen molar-refractivity contribution in [1.82, 2.24) is 5.32 Å². The van der Waals surface area contributed by atoms with Crippen molar-refractivity contribution in [2.75, 3.05) is 6.61 Å². The number of hydrogen-bond donors (Lipinski definition) is 3. The van der Waals surface area contributed by atoms with E-state index in [4.69, 9.17) is 0 Å². The van der Waals surface area contributed by atoms with Crippen LogP contribution >= 0.6 is 0 Å². The number of rotatable bonds is 36. The third-order valence-corrected chi connectivity index (χ3v) is 9.18. The van der Waals surface area contributed by atoms with E-state index in [2.05, 4.69) is 31.3 Å². The molecular weight excluding hydrogens is 554 g/mol. The summed E-state index contributed by atoms with van der Waals surface area (Å²) in [6, 6.07) is -0.622. The molecule has 0 bridgehead atoms. The van der Waals surface area contributed by atoms with Gasteiger partial charge in [-0.2, -0.15) is 0 Å². The summed E-state index contributed by atoms with van der Waals surface area (Å²) in [5, 5.41) is 22.9. The molecule has 45 heavy (non-hydrogen) atoms. The predicted octanol–water partition coefficient (Wildman–Crippen LogP) is 12.1. The standard InChI is InChI=1S/C41H79NO3/c1-3-5-7-9-11-13-15-16-17-18-19-20-21-22-23-24-25-27-28-30-32-34-36-40(44)39(38-43)42-41(45)37-35-33-31-29-26-14-12-10-8-6-4-2/h10,12,34,36,39-40,43-44H,3-9,11,13-33,35,37-38H2,1-2H3,(H,42,45)/b12-10-,36-34+. The van der Waals surface area contributed by atoms with Crippen LogP contribution in [0.4, 0.5) is 0 Å². The van der Waals surface area contributed by atoms with Crippen molar-refractivity contribution in [3.8, 4) is 0 Å². The van der Waals surface area contributed by atoms with Crippen molar-refractivity contribution in [2.24, 2.45) is 0 Å². The third kappa shape index (κ3) is 34.0. The molecule has 4 heteroatoms. The van der Waals surface area contributed by atoms with Crippen molar-refractivity contribution in [1.29, 1.82) is 0 Å². The van der Waals surface area contributed by atoms with E-state index in [1.807, 2.05) is 6.08 Å². The minimum Gasteiger partial charge on any atom is -0.394 e. The molecule has 0 aliphatic heterocycles.